The Morgan fingerprint density at radius 1 is 1.13 bits per heavy atom. The molecule has 174 valence electrons. The number of halogens is 1. The SMILES string of the molecule is CCNC(=NCC1(CCOCC)CCCC1)NC1CCN(C(=O)C2CCCC2)C1.I. The molecule has 0 aromatic rings. The first-order valence-corrected chi connectivity index (χ1v) is 12.1. The Hall–Kier alpha value is -0.570. The van der Waals surface area contributed by atoms with E-state index < -0.39 is 0 Å². The molecule has 6 nitrogen and oxygen atoms in total. The first kappa shape index (κ1) is 25.7. The average Bonchev–Trinajstić information content (AvgIpc) is 3.48. The van der Waals surface area contributed by atoms with Crippen LogP contribution in [0.25, 0.3) is 0 Å². The van der Waals surface area contributed by atoms with Crippen molar-refractivity contribution in [3.05, 3.63) is 0 Å². The lowest BCUT2D eigenvalue weighted by Gasteiger charge is -2.28. The van der Waals surface area contributed by atoms with Crippen molar-refractivity contribution < 1.29 is 9.53 Å². The molecule has 1 atom stereocenters. The normalized spacial score (nSPS) is 24.1. The van der Waals surface area contributed by atoms with Crippen LogP contribution in [0.5, 0.6) is 0 Å². The molecule has 0 radical (unpaired) electrons. The lowest BCUT2D eigenvalue weighted by atomic mass is 9.83. The number of aliphatic imine (C=N–C) groups is 1. The smallest absolute Gasteiger partial charge is 0.225 e. The first-order chi connectivity index (χ1) is 14.2. The van der Waals surface area contributed by atoms with E-state index >= 15 is 0 Å². The number of hydrogen-bond acceptors (Lipinski definition) is 3. The predicted molar refractivity (Wildman–Crippen MR) is 133 cm³/mol. The second-order valence-corrected chi connectivity index (χ2v) is 9.24. The third kappa shape index (κ3) is 7.24. The van der Waals surface area contributed by atoms with Gasteiger partial charge in [-0.05, 0) is 57.8 Å². The van der Waals surface area contributed by atoms with E-state index in [0.29, 0.717) is 17.4 Å². The zero-order valence-electron chi connectivity index (χ0n) is 19.1. The van der Waals surface area contributed by atoms with Crippen LogP contribution in [0.1, 0.15) is 78.1 Å². The highest BCUT2D eigenvalue weighted by atomic mass is 127. The monoisotopic (exact) mass is 534 g/mol. The Balaban J connectivity index is 0.00000320. The number of nitrogens with one attached hydrogen (secondary N) is 2. The molecule has 0 spiro atoms. The number of nitrogens with zero attached hydrogens (tertiary/aromatic N) is 2. The van der Waals surface area contributed by atoms with Crippen LogP contribution in [0.3, 0.4) is 0 Å². The van der Waals surface area contributed by atoms with Crippen molar-refractivity contribution in [2.24, 2.45) is 16.3 Å². The van der Waals surface area contributed by atoms with Gasteiger partial charge in [0.15, 0.2) is 5.96 Å². The lowest BCUT2D eigenvalue weighted by molar-refractivity contribution is -0.134. The van der Waals surface area contributed by atoms with Crippen molar-refractivity contribution in [3.63, 3.8) is 0 Å². The molecule has 7 heteroatoms. The second-order valence-electron chi connectivity index (χ2n) is 9.24. The number of carbonyl (C=O) groups excluding carboxylic acids is 1. The highest BCUT2D eigenvalue weighted by Gasteiger charge is 2.34. The quantitative estimate of drug-likeness (QED) is 0.204. The fourth-order valence-electron chi connectivity index (χ4n) is 5.31. The summed E-state index contributed by atoms with van der Waals surface area (Å²) < 4.78 is 5.64. The molecule has 2 saturated carbocycles. The molecule has 3 rings (SSSR count). The summed E-state index contributed by atoms with van der Waals surface area (Å²) in [6.07, 6.45) is 11.9. The van der Waals surface area contributed by atoms with Gasteiger partial charge in [0, 0.05) is 51.4 Å². The van der Waals surface area contributed by atoms with Crippen molar-refractivity contribution in [2.45, 2.75) is 84.1 Å². The van der Waals surface area contributed by atoms with E-state index in [1.807, 2.05) is 0 Å². The number of amides is 1. The molecule has 0 aromatic heterocycles. The molecular weight excluding hydrogens is 491 g/mol. The molecule has 0 bridgehead atoms. The Bertz CT molecular complexity index is 545. The molecule has 0 aromatic carbocycles. The van der Waals surface area contributed by atoms with Gasteiger partial charge in [-0.25, -0.2) is 0 Å². The summed E-state index contributed by atoms with van der Waals surface area (Å²) >= 11 is 0. The summed E-state index contributed by atoms with van der Waals surface area (Å²) in [7, 11) is 0. The summed E-state index contributed by atoms with van der Waals surface area (Å²) in [5, 5.41) is 7.04. The highest BCUT2D eigenvalue weighted by Crippen LogP contribution is 2.41. The fourth-order valence-corrected chi connectivity index (χ4v) is 5.31. The van der Waals surface area contributed by atoms with Crippen molar-refractivity contribution >= 4 is 35.8 Å². The Kier molecular flexibility index (Phi) is 11.2. The summed E-state index contributed by atoms with van der Waals surface area (Å²) in [6.45, 7) is 9.23. The Morgan fingerprint density at radius 3 is 2.53 bits per heavy atom. The maximum atomic E-state index is 12.7. The van der Waals surface area contributed by atoms with Crippen LogP contribution in [-0.4, -0.2) is 62.2 Å². The molecule has 1 amide bonds. The molecule has 30 heavy (non-hydrogen) atoms. The van der Waals surface area contributed by atoms with Gasteiger partial charge in [0.1, 0.15) is 0 Å². The molecular formula is C23H43IN4O2. The number of carbonyl (C=O) groups is 1. The number of rotatable bonds is 9. The van der Waals surface area contributed by atoms with Gasteiger partial charge in [0.05, 0.1) is 0 Å². The number of guanidine groups is 1. The van der Waals surface area contributed by atoms with Crippen LogP contribution < -0.4 is 10.6 Å². The van der Waals surface area contributed by atoms with E-state index in [-0.39, 0.29) is 29.9 Å². The van der Waals surface area contributed by atoms with Gasteiger partial charge in [0.25, 0.3) is 0 Å². The van der Waals surface area contributed by atoms with Gasteiger partial charge >= 0.3 is 0 Å². The van der Waals surface area contributed by atoms with E-state index in [1.54, 1.807) is 0 Å². The Labute approximate surface area is 200 Å². The minimum Gasteiger partial charge on any atom is -0.382 e. The summed E-state index contributed by atoms with van der Waals surface area (Å²) in [4.78, 5) is 19.8. The largest absolute Gasteiger partial charge is 0.382 e. The fraction of sp³-hybridized carbons (Fsp3) is 0.913. The molecule has 1 aliphatic heterocycles. The van der Waals surface area contributed by atoms with E-state index in [1.165, 1.54) is 38.5 Å². The van der Waals surface area contributed by atoms with Crippen LogP contribution in [0.2, 0.25) is 0 Å². The summed E-state index contributed by atoms with van der Waals surface area (Å²) in [6, 6.07) is 0.307. The van der Waals surface area contributed by atoms with Gasteiger partial charge < -0.3 is 20.3 Å². The molecule has 1 heterocycles. The van der Waals surface area contributed by atoms with Gasteiger partial charge in [-0.1, -0.05) is 25.7 Å². The third-order valence-corrected chi connectivity index (χ3v) is 7.11. The van der Waals surface area contributed by atoms with Gasteiger partial charge in [0.2, 0.25) is 5.91 Å². The van der Waals surface area contributed by atoms with Gasteiger partial charge in [-0.15, -0.1) is 24.0 Å². The van der Waals surface area contributed by atoms with E-state index in [4.69, 9.17) is 9.73 Å². The van der Waals surface area contributed by atoms with Crippen molar-refractivity contribution in [1.82, 2.24) is 15.5 Å². The van der Waals surface area contributed by atoms with Gasteiger partial charge in [-0.3, -0.25) is 9.79 Å². The number of likely N-dealkylation sites (tertiary alicyclic amines) is 1. The minimum absolute atomic E-state index is 0. The zero-order valence-corrected chi connectivity index (χ0v) is 21.4. The predicted octanol–water partition coefficient (Wildman–Crippen LogP) is 3.94. The van der Waals surface area contributed by atoms with E-state index in [0.717, 1.165) is 71.0 Å². The van der Waals surface area contributed by atoms with Crippen LogP contribution in [0.15, 0.2) is 4.99 Å². The standard InChI is InChI=1S/C23H42N4O2.HI/c1-3-24-22(25-18-23(12-7-8-13-23)14-16-29-4-2)26-20-11-15-27(17-20)21(28)19-9-5-6-10-19;/h19-20H,3-18H2,1-2H3,(H2,24,25,26);1H. The topological polar surface area (TPSA) is 66.0 Å². The minimum atomic E-state index is 0. The summed E-state index contributed by atoms with van der Waals surface area (Å²) in [5.74, 6) is 1.58. The highest BCUT2D eigenvalue weighted by molar-refractivity contribution is 14.0. The molecule has 1 saturated heterocycles. The average molecular weight is 535 g/mol. The second kappa shape index (κ2) is 13.1. The maximum absolute atomic E-state index is 12.7. The first-order valence-electron chi connectivity index (χ1n) is 12.1. The van der Waals surface area contributed by atoms with Crippen LogP contribution in [0, 0.1) is 11.3 Å². The van der Waals surface area contributed by atoms with Crippen molar-refractivity contribution in [3.8, 4) is 0 Å². The number of hydrogen-bond donors (Lipinski definition) is 2. The molecule has 3 aliphatic rings. The van der Waals surface area contributed by atoms with E-state index in [2.05, 4.69) is 29.4 Å². The molecule has 3 fully saturated rings. The lowest BCUT2D eigenvalue weighted by Crippen LogP contribution is -2.46. The summed E-state index contributed by atoms with van der Waals surface area (Å²) in [5.41, 5.74) is 0.303. The third-order valence-electron chi connectivity index (χ3n) is 7.11. The molecule has 2 N–H and O–H groups in total. The molecule has 1 unspecified atom stereocenters. The van der Waals surface area contributed by atoms with Gasteiger partial charge in [-0.2, -0.15) is 0 Å². The maximum Gasteiger partial charge on any atom is 0.225 e. The van der Waals surface area contributed by atoms with Crippen LogP contribution >= 0.6 is 24.0 Å². The Morgan fingerprint density at radius 2 is 1.87 bits per heavy atom. The van der Waals surface area contributed by atoms with E-state index in [9.17, 15) is 4.79 Å². The van der Waals surface area contributed by atoms with Crippen LogP contribution in [0.4, 0.5) is 0 Å². The molecule has 2 aliphatic carbocycles. The zero-order chi connectivity index (χ0) is 20.5. The van der Waals surface area contributed by atoms with Crippen molar-refractivity contribution in [1.29, 1.82) is 0 Å². The van der Waals surface area contributed by atoms with Crippen molar-refractivity contribution in [2.75, 3.05) is 39.4 Å². The number of ether oxygens (including phenoxy) is 1. The van der Waals surface area contributed by atoms with Crippen LogP contribution in [-0.2, 0) is 9.53 Å².